The van der Waals surface area contributed by atoms with Crippen molar-refractivity contribution in [1.82, 2.24) is 9.80 Å². The van der Waals surface area contributed by atoms with E-state index >= 15 is 0 Å². The van der Waals surface area contributed by atoms with Crippen LogP contribution in [0.25, 0.3) is 0 Å². The van der Waals surface area contributed by atoms with Crippen molar-refractivity contribution in [3.8, 4) is 0 Å². The molecule has 4 atom stereocenters. The number of hydrogen-bond donors (Lipinski definition) is 0. The van der Waals surface area contributed by atoms with E-state index in [9.17, 15) is 38.4 Å². The average Bonchev–Trinajstić information content (AvgIpc) is 3.20. The molecule has 0 aliphatic heterocycles. The summed E-state index contributed by atoms with van der Waals surface area (Å²) in [6, 6.07) is 0.956. The lowest BCUT2D eigenvalue weighted by Crippen LogP contribution is -2.53. The quantitative estimate of drug-likeness (QED) is 0.0635. The van der Waals surface area contributed by atoms with Crippen LogP contribution in [0.5, 0.6) is 0 Å². The van der Waals surface area contributed by atoms with Crippen molar-refractivity contribution >= 4 is 48.3 Å². The standard InChI is InChI=1S/C63H106N2O16/c1-40(48(66)74-56(3,4)5)30-27-28-31-43-38-42(35-34-41(2)49(67)75-57(6,7)8)39-44(36-37-47(51(69)77-59(12,13)14)65(54(72)80-62(21,22)23)55(73)81-63(24,25)26)45(43)32-29-33-46(50(68)76-58(9,10)11)64(52(70)78-60(15,16)17)53(71)79-61(18,19)20/h38-41,46-47H,27-37H2,1-26H3/t40-,41-,46-,47-/m0/s1/i38+1,39+1,45+1. The van der Waals surface area contributed by atoms with Crippen LogP contribution in [0.4, 0.5) is 19.2 Å². The van der Waals surface area contributed by atoms with Crippen LogP contribution in [0.3, 0.4) is 0 Å². The molecule has 0 N–H and O–H groups in total. The van der Waals surface area contributed by atoms with Crippen molar-refractivity contribution in [2.45, 2.75) is 308 Å². The van der Waals surface area contributed by atoms with E-state index in [1.54, 1.807) is 125 Å². The molecule has 0 fully saturated rings. The molecule has 0 saturated carbocycles. The van der Waals surface area contributed by atoms with Crippen molar-refractivity contribution in [1.29, 1.82) is 0 Å². The second kappa shape index (κ2) is 29.2. The maximum atomic E-state index is 14.6. The summed E-state index contributed by atoms with van der Waals surface area (Å²) >= 11 is 0. The van der Waals surface area contributed by atoms with Crippen molar-refractivity contribution in [3.63, 3.8) is 0 Å². The van der Waals surface area contributed by atoms with E-state index in [2.05, 4.69) is 6.07 Å². The Morgan fingerprint density at radius 3 is 0.963 bits per heavy atom. The molecule has 81 heavy (non-hydrogen) atoms. The van der Waals surface area contributed by atoms with Gasteiger partial charge in [0.2, 0.25) is 0 Å². The van der Waals surface area contributed by atoms with Gasteiger partial charge in [-0.2, -0.15) is 9.80 Å². The van der Waals surface area contributed by atoms with Gasteiger partial charge in [0.15, 0.2) is 0 Å². The minimum Gasteiger partial charge on any atom is -0.460 e. The lowest BCUT2D eigenvalue weighted by molar-refractivity contribution is -0.162. The van der Waals surface area contributed by atoms with Gasteiger partial charge < -0.3 is 37.9 Å². The first-order valence-corrected chi connectivity index (χ1v) is 28.8. The van der Waals surface area contributed by atoms with Gasteiger partial charge in [0, 0.05) is 0 Å². The number of aryl methyl sites for hydroxylation is 3. The van der Waals surface area contributed by atoms with Crippen molar-refractivity contribution in [2.24, 2.45) is 11.8 Å². The molecule has 0 aromatic heterocycles. The van der Waals surface area contributed by atoms with Gasteiger partial charge >= 0.3 is 48.3 Å². The normalized spacial score (nSPS) is 14.3. The molecule has 464 valence electrons. The van der Waals surface area contributed by atoms with E-state index in [4.69, 9.17) is 37.9 Å². The Kier molecular flexibility index (Phi) is 26.5. The van der Waals surface area contributed by atoms with Crippen molar-refractivity contribution in [3.05, 3.63) is 34.4 Å². The van der Waals surface area contributed by atoms with Crippen LogP contribution >= 0.6 is 0 Å². The third kappa shape index (κ3) is 30.5. The largest absolute Gasteiger partial charge is 0.460 e. The Morgan fingerprint density at radius 2 is 0.630 bits per heavy atom. The molecular formula is C63H106N2O16. The lowest BCUT2D eigenvalue weighted by atomic mass is 10.00. The summed E-state index contributed by atoms with van der Waals surface area (Å²) in [6.07, 6.45) is -1.12. The van der Waals surface area contributed by atoms with Gasteiger partial charge in [-0.15, -0.1) is 0 Å². The number of carbonyl (C=O) groups excluding carboxylic acids is 8. The first-order chi connectivity index (χ1) is 36.3. The maximum Gasteiger partial charge on any atom is 0.420 e. The molecule has 0 spiro atoms. The number of imide groups is 2. The van der Waals surface area contributed by atoms with Gasteiger partial charge in [-0.05, 0) is 253 Å². The monoisotopic (exact) mass is 1150 g/mol. The number of ether oxygens (including phenoxy) is 8. The van der Waals surface area contributed by atoms with Gasteiger partial charge in [0.25, 0.3) is 0 Å². The Bertz CT molecular complexity index is 2240. The Labute approximate surface area is 486 Å². The van der Waals surface area contributed by atoms with Crippen LogP contribution < -0.4 is 0 Å². The molecule has 0 aliphatic carbocycles. The van der Waals surface area contributed by atoms with E-state index < -0.39 is 99.1 Å². The predicted octanol–water partition coefficient (Wildman–Crippen LogP) is 14.3. The number of unbranched alkanes of at least 4 members (excludes halogenated alkanes) is 1. The first kappa shape index (κ1) is 73.6. The number of amides is 4. The number of rotatable bonds is 21. The fourth-order valence-corrected chi connectivity index (χ4v) is 8.08. The van der Waals surface area contributed by atoms with E-state index in [1.165, 1.54) is 0 Å². The molecule has 0 aliphatic rings. The lowest BCUT2D eigenvalue weighted by Gasteiger charge is -2.34. The van der Waals surface area contributed by atoms with Crippen molar-refractivity contribution < 1.29 is 76.3 Å². The highest BCUT2D eigenvalue weighted by Crippen LogP contribution is 2.31. The highest BCUT2D eigenvalue weighted by molar-refractivity contribution is 5.95. The zero-order valence-electron chi connectivity index (χ0n) is 54.7. The fraction of sp³-hybridized carbons (Fsp3) is 0.778. The molecule has 0 unspecified atom stereocenters. The molecule has 0 saturated heterocycles. The number of hydrogen-bond acceptors (Lipinski definition) is 16. The first-order valence-electron chi connectivity index (χ1n) is 28.8. The molecule has 1 aromatic rings. The van der Waals surface area contributed by atoms with Crippen LogP contribution in [0.15, 0.2) is 12.1 Å². The highest BCUT2D eigenvalue weighted by Gasteiger charge is 2.44. The molecule has 0 bridgehead atoms. The second-order valence-electron chi connectivity index (χ2n) is 29.2. The summed E-state index contributed by atoms with van der Waals surface area (Å²) in [5.41, 5.74) is -4.53. The molecule has 0 radical (unpaired) electrons. The minimum atomic E-state index is -1.57. The van der Waals surface area contributed by atoms with Gasteiger partial charge in [0.05, 0.1) is 11.8 Å². The van der Waals surface area contributed by atoms with Crippen molar-refractivity contribution in [2.75, 3.05) is 0 Å². The average molecular weight is 1150 g/mol. The smallest absolute Gasteiger partial charge is 0.420 e. The molecule has 4 amide bonds. The molecule has 1 aromatic carbocycles. The van der Waals surface area contributed by atoms with E-state index in [0.717, 1.165) is 16.7 Å². The highest BCUT2D eigenvalue weighted by atomic mass is 16.6. The van der Waals surface area contributed by atoms with E-state index in [1.807, 2.05) is 61.5 Å². The van der Waals surface area contributed by atoms with Crippen LogP contribution in [-0.2, 0) is 82.8 Å². The molecule has 18 nitrogen and oxygen atoms in total. The van der Waals surface area contributed by atoms with Gasteiger partial charge in [-0.1, -0.05) is 32.4 Å². The summed E-state index contributed by atoms with van der Waals surface area (Å²) in [5.74, 6) is -3.27. The summed E-state index contributed by atoms with van der Waals surface area (Å²) in [5, 5.41) is 0. The third-order valence-corrected chi connectivity index (χ3v) is 11.2. The van der Waals surface area contributed by atoms with Crippen LogP contribution in [0.2, 0.25) is 0 Å². The molecule has 18 heteroatoms. The van der Waals surface area contributed by atoms with Gasteiger partial charge in [-0.25, -0.2) is 28.8 Å². The van der Waals surface area contributed by atoms with Crippen LogP contribution in [-0.4, -0.2) is 115 Å². The Morgan fingerprint density at radius 1 is 0.333 bits per heavy atom. The summed E-state index contributed by atoms with van der Waals surface area (Å²) in [6.45, 7) is 44.2. The number of nitrogens with zero attached hydrogens (tertiary/aromatic N) is 2. The Hall–Kier alpha value is -5.42. The summed E-state index contributed by atoms with van der Waals surface area (Å²) < 4.78 is 46.2. The zero-order valence-corrected chi connectivity index (χ0v) is 54.7. The van der Waals surface area contributed by atoms with Crippen LogP contribution in [0.1, 0.15) is 247 Å². The molecule has 0 heterocycles. The third-order valence-electron chi connectivity index (χ3n) is 11.2. The number of esters is 4. The summed E-state index contributed by atoms with van der Waals surface area (Å²) in [7, 11) is 0. The Balaban J connectivity index is 4.45. The van der Waals surface area contributed by atoms with Gasteiger partial charge in [-0.3, -0.25) is 9.59 Å². The second-order valence-corrected chi connectivity index (χ2v) is 29.2. The predicted molar refractivity (Wildman–Crippen MR) is 311 cm³/mol. The SMILES string of the molecule is C[C@@H](CCCCc1[13cH]c(CC[C@H](C)C(=O)OC(C)(C)C)[13cH]c(CC[C@@H](C(=O)OC(C)(C)C)N(C(=O)OC(C)(C)C)C(=O)OC(C)(C)C)[13c]1CCC[C@@H](C(=O)OC(C)(C)C)N(C(=O)OC(C)(C)C)C(=O)OC(C)(C)C)C(=O)OC(C)(C)C. The topological polar surface area (TPSA) is 217 Å². The van der Waals surface area contributed by atoms with Gasteiger partial charge in [0.1, 0.15) is 56.9 Å². The number of benzene rings is 1. The minimum absolute atomic E-state index is 0.0664. The molecule has 1 rings (SSSR count). The van der Waals surface area contributed by atoms with Crippen LogP contribution in [0, 0.1) is 11.8 Å². The van der Waals surface area contributed by atoms with E-state index in [0.29, 0.717) is 53.9 Å². The van der Waals surface area contributed by atoms with E-state index in [-0.39, 0.29) is 50.0 Å². The zero-order chi connectivity index (χ0) is 63.2. The number of carbonyl (C=O) groups is 8. The maximum absolute atomic E-state index is 14.6. The summed E-state index contributed by atoms with van der Waals surface area (Å²) in [4.78, 5) is 113. The molecular weight excluding hydrogens is 1040 g/mol. The fourth-order valence-electron chi connectivity index (χ4n) is 8.08.